The van der Waals surface area contributed by atoms with Crippen LogP contribution < -0.4 is 9.47 Å². The van der Waals surface area contributed by atoms with E-state index in [1.165, 1.54) is 0 Å². The molecule has 3 aromatic rings. The zero-order valence-corrected chi connectivity index (χ0v) is 18.4. The summed E-state index contributed by atoms with van der Waals surface area (Å²) in [7, 11) is 1.59. The van der Waals surface area contributed by atoms with Crippen LogP contribution in [0.3, 0.4) is 0 Å². The Bertz CT molecular complexity index is 1100. The summed E-state index contributed by atoms with van der Waals surface area (Å²) in [6.45, 7) is 0.684. The summed E-state index contributed by atoms with van der Waals surface area (Å²) in [5, 5.41) is 0.544. The summed E-state index contributed by atoms with van der Waals surface area (Å²) in [5.74, 6) is 0.0534. The van der Waals surface area contributed by atoms with E-state index in [0.717, 1.165) is 11.8 Å². The van der Waals surface area contributed by atoms with E-state index in [-0.39, 0.29) is 12.2 Å². The Morgan fingerprint density at radius 3 is 2.44 bits per heavy atom. The first kappa shape index (κ1) is 22.1. The van der Waals surface area contributed by atoms with Gasteiger partial charge in [0.05, 0.1) is 6.61 Å². The second-order valence-corrected chi connectivity index (χ2v) is 7.95. The van der Waals surface area contributed by atoms with Gasteiger partial charge in [-0.1, -0.05) is 60.1 Å². The molecule has 164 valence electrons. The molecule has 1 aliphatic rings. The number of aldehydes is 1. The van der Waals surface area contributed by atoms with Crippen LogP contribution in [0.5, 0.6) is 11.5 Å². The summed E-state index contributed by atoms with van der Waals surface area (Å²) >= 11 is 6.13. The fourth-order valence-corrected chi connectivity index (χ4v) is 4.34. The molecule has 6 heteroatoms. The summed E-state index contributed by atoms with van der Waals surface area (Å²) < 4.78 is 17.4. The first-order chi connectivity index (χ1) is 15.6. The van der Waals surface area contributed by atoms with Crippen LogP contribution in [0.2, 0.25) is 5.02 Å². The van der Waals surface area contributed by atoms with Crippen LogP contribution in [0.4, 0.5) is 0 Å². The van der Waals surface area contributed by atoms with E-state index in [2.05, 4.69) is 0 Å². The number of carbonyl (C=O) groups is 2. The molecule has 5 nitrogen and oxygen atoms in total. The molecule has 3 aromatic carbocycles. The third-order valence-electron chi connectivity index (χ3n) is 5.67. The summed E-state index contributed by atoms with van der Waals surface area (Å²) in [5.41, 5.74) is 0.389. The van der Waals surface area contributed by atoms with Crippen LogP contribution in [-0.4, -0.2) is 32.4 Å². The lowest BCUT2D eigenvalue weighted by Crippen LogP contribution is -2.43. The Morgan fingerprint density at radius 1 is 1.00 bits per heavy atom. The van der Waals surface area contributed by atoms with Crippen LogP contribution in [0, 0.1) is 0 Å². The van der Waals surface area contributed by atoms with Crippen LogP contribution >= 0.6 is 11.6 Å². The van der Waals surface area contributed by atoms with E-state index in [1.54, 1.807) is 49.6 Å². The second kappa shape index (κ2) is 9.55. The number of carbonyl (C=O) groups excluding carboxylic acids is 2. The van der Waals surface area contributed by atoms with Gasteiger partial charge in [-0.3, -0.25) is 4.79 Å². The van der Waals surface area contributed by atoms with E-state index >= 15 is 0 Å². The van der Waals surface area contributed by atoms with Gasteiger partial charge < -0.3 is 19.0 Å². The molecular weight excluding hydrogens is 428 g/mol. The molecular formula is C26H23ClO5. The molecule has 0 aliphatic carbocycles. The van der Waals surface area contributed by atoms with Gasteiger partial charge >= 0.3 is 0 Å². The van der Waals surface area contributed by atoms with Crippen molar-refractivity contribution in [3.05, 3.63) is 94.5 Å². The predicted octanol–water partition coefficient (Wildman–Crippen LogP) is 5.21. The van der Waals surface area contributed by atoms with Gasteiger partial charge in [0.2, 0.25) is 11.4 Å². The van der Waals surface area contributed by atoms with Crippen LogP contribution in [0.25, 0.3) is 0 Å². The highest BCUT2D eigenvalue weighted by Crippen LogP contribution is 2.52. The van der Waals surface area contributed by atoms with Crippen molar-refractivity contribution >= 4 is 23.7 Å². The molecule has 0 radical (unpaired) electrons. The number of fused-ring (bicyclic) bond motifs is 1. The summed E-state index contributed by atoms with van der Waals surface area (Å²) in [4.78, 5) is 25.9. The fraction of sp³-hybridized carbons (Fsp3) is 0.231. The highest BCUT2D eigenvalue weighted by atomic mass is 35.5. The quantitative estimate of drug-likeness (QED) is 0.331. The number of ketones is 1. The monoisotopic (exact) mass is 450 g/mol. The average Bonchev–Trinajstić information content (AvgIpc) is 3.12. The summed E-state index contributed by atoms with van der Waals surface area (Å²) in [6.07, 6.45) is 0.928. The Balaban J connectivity index is 1.89. The lowest BCUT2D eigenvalue weighted by atomic mass is 9.72. The second-order valence-electron chi connectivity index (χ2n) is 7.51. The van der Waals surface area contributed by atoms with Crippen molar-refractivity contribution in [2.75, 3.05) is 20.3 Å². The maximum Gasteiger partial charge on any atom is 0.219 e. The smallest absolute Gasteiger partial charge is 0.219 e. The highest BCUT2D eigenvalue weighted by Gasteiger charge is 2.56. The van der Waals surface area contributed by atoms with E-state index < -0.39 is 11.5 Å². The minimum atomic E-state index is -1.43. The van der Waals surface area contributed by atoms with E-state index in [1.807, 2.05) is 30.3 Å². The molecule has 2 atom stereocenters. The third-order valence-corrected chi connectivity index (χ3v) is 5.92. The van der Waals surface area contributed by atoms with E-state index in [4.69, 9.17) is 25.8 Å². The molecule has 0 amide bonds. The third kappa shape index (κ3) is 3.90. The molecule has 0 spiro atoms. The SMILES string of the molecule is COCCOc1cccc2c1C(=O)C(c1ccc(Cl)cc1)(C(CC=O)c1ccccc1)O2. The zero-order valence-electron chi connectivity index (χ0n) is 17.6. The molecule has 1 aliphatic heterocycles. The maximum atomic E-state index is 14.2. The molecule has 32 heavy (non-hydrogen) atoms. The Labute approximate surface area is 191 Å². The van der Waals surface area contributed by atoms with Crippen molar-refractivity contribution in [3.63, 3.8) is 0 Å². The largest absolute Gasteiger partial charge is 0.490 e. The van der Waals surface area contributed by atoms with Gasteiger partial charge in [-0.15, -0.1) is 0 Å². The average molecular weight is 451 g/mol. The molecule has 0 bridgehead atoms. The Hall–Kier alpha value is -3.15. The van der Waals surface area contributed by atoms with Crippen molar-refractivity contribution in [2.24, 2.45) is 0 Å². The van der Waals surface area contributed by atoms with Gasteiger partial charge in [0.15, 0.2) is 0 Å². The number of hydrogen-bond donors (Lipinski definition) is 0. The number of rotatable bonds is 9. The molecule has 1 heterocycles. The topological polar surface area (TPSA) is 61.8 Å². The van der Waals surface area contributed by atoms with Gasteiger partial charge in [-0.2, -0.15) is 0 Å². The van der Waals surface area contributed by atoms with Crippen molar-refractivity contribution in [2.45, 2.75) is 17.9 Å². The normalized spacial score (nSPS) is 18.0. The Kier molecular flexibility index (Phi) is 6.58. The van der Waals surface area contributed by atoms with Crippen molar-refractivity contribution in [1.29, 1.82) is 0 Å². The Morgan fingerprint density at radius 2 is 1.75 bits per heavy atom. The van der Waals surface area contributed by atoms with Crippen LogP contribution in [-0.2, 0) is 15.1 Å². The van der Waals surface area contributed by atoms with Gasteiger partial charge in [0, 0.05) is 30.0 Å². The molecule has 0 saturated heterocycles. The molecule has 0 saturated carbocycles. The lowest BCUT2D eigenvalue weighted by Gasteiger charge is -2.35. The van der Waals surface area contributed by atoms with Crippen molar-refractivity contribution in [3.8, 4) is 11.5 Å². The van der Waals surface area contributed by atoms with Gasteiger partial charge in [-0.25, -0.2) is 0 Å². The van der Waals surface area contributed by atoms with E-state index in [9.17, 15) is 9.59 Å². The van der Waals surface area contributed by atoms with Crippen LogP contribution in [0.1, 0.15) is 33.8 Å². The minimum absolute atomic E-state index is 0.103. The number of hydrogen-bond acceptors (Lipinski definition) is 5. The number of ether oxygens (including phenoxy) is 3. The first-order valence-corrected chi connectivity index (χ1v) is 10.7. The standard InChI is InChI=1S/C26H23ClO5/c1-30-16-17-31-22-8-5-9-23-24(22)25(29)26(32-23,19-10-12-20(27)13-11-19)21(14-15-28)18-6-3-2-4-7-18/h2-13,15,21H,14,16-17H2,1H3. The first-order valence-electron chi connectivity index (χ1n) is 10.3. The molecule has 0 fully saturated rings. The maximum absolute atomic E-state index is 14.2. The molecule has 4 rings (SSSR count). The molecule has 0 N–H and O–H groups in total. The number of methoxy groups -OCH3 is 1. The van der Waals surface area contributed by atoms with Gasteiger partial charge in [0.1, 0.15) is 30.0 Å². The van der Waals surface area contributed by atoms with Crippen molar-refractivity contribution in [1.82, 2.24) is 0 Å². The van der Waals surface area contributed by atoms with Gasteiger partial charge in [0.25, 0.3) is 0 Å². The molecule has 0 aromatic heterocycles. The lowest BCUT2D eigenvalue weighted by molar-refractivity contribution is -0.109. The van der Waals surface area contributed by atoms with Gasteiger partial charge in [-0.05, 0) is 29.8 Å². The van der Waals surface area contributed by atoms with E-state index in [0.29, 0.717) is 40.9 Å². The number of halogens is 1. The minimum Gasteiger partial charge on any atom is -0.490 e. The number of benzene rings is 3. The van der Waals surface area contributed by atoms with Crippen LogP contribution in [0.15, 0.2) is 72.8 Å². The fourth-order valence-electron chi connectivity index (χ4n) is 4.22. The highest BCUT2D eigenvalue weighted by molar-refractivity contribution is 6.30. The zero-order chi connectivity index (χ0) is 22.6. The van der Waals surface area contributed by atoms with Crippen molar-refractivity contribution < 1.29 is 23.8 Å². The number of Topliss-reactive ketones (excluding diaryl/α,β-unsaturated/α-hetero) is 1. The molecule has 2 unspecified atom stereocenters. The predicted molar refractivity (Wildman–Crippen MR) is 122 cm³/mol. The summed E-state index contributed by atoms with van der Waals surface area (Å²) in [6, 6.07) is 21.7.